The van der Waals surface area contributed by atoms with E-state index in [0.29, 0.717) is 24.7 Å². The van der Waals surface area contributed by atoms with E-state index >= 15 is 0 Å². The maximum Gasteiger partial charge on any atom is 0.244 e. The molecule has 0 spiro atoms. The minimum absolute atomic E-state index is 0.178. The monoisotopic (exact) mass is 234 g/mol. The second kappa shape index (κ2) is 4.21. The van der Waals surface area contributed by atoms with Crippen LogP contribution < -0.4 is 5.32 Å². The normalized spacial score (nSPS) is 24.1. The SMILES string of the molecule is F[C@@H]1CN[C@@H](c2nc(-c3cccnc3)no2)C1. The minimum atomic E-state index is -0.839. The van der Waals surface area contributed by atoms with Crippen LogP contribution >= 0.6 is 0 Å². The van der Waals surface area contributed by atoms with Gasteiger partial charge in [-0.3, -0.25) is 4.98 Å². The largest absolute Gasteiger partial charge is 0.337 e. The van der Waals surface area contributed by atoms with E-state index in [4.69, 9.17) is 4.52 Å². The molecule has 0 aliphatic carbocycles. The van der Waals surface area contributed by atoms with Crippen molar-refractivity contribution < 1.29 is 8.91 Å². The topological polar surface area (TPSA) is 63.8 Å². The zero-order valence-electron chi connectivity index (χ0n) is 9.01. The molecule has 0 bridgehead atoms. The first-order chi connectivity index (χ1) is 8.33. The number of rotatable bonds is 2. The van der Waals surface area contributed by atoms with Gasteiger partial charge in [0.15, 0.2) is 0 Å². The van der Waals surface area contributed by atoms with E-state index < -0.39 is 6.17 Å². The lowest BCUT2D eigenvalue weighted by Crippen LogP contribution is -2.14. The first-order valence-corrected chi connectivity index (χ1v) is 5.44. The summed E-state index contributed by atoms with van der Waals surface area (Å²) in [6, 6.07) is 3.47. The lowest BCUT2D eigenvalue weighted by atomic mass is 10.2. The molecular weight excluding hydrogens is 223 g/mol. The first-order valence-electron chi connectivity index (χ1n) is 5.44. The van der Waals surface area contributed by atoms with E-state index in [1.807, 2.05) is 6.07 Å². The van der Waals surface area contributed by atoms with Crippen molar-refractivity contribution in [1.82, 2.24) is 20.4 Å². The average Bonchev–Trinajstić information content (AvgIpc) is 2.98. The lowest BCUT2D eigenvalue weighted by Gasteiger charge is -2.00. The standard InChI is InChI=1S/C11H11FN4O/c12-8-4-9(14-6-8)11-15-10(16-17-11)7-2-1-3-13-5-7/h1-3,5,8-9,14H,4,6H2/t8-,9+/m0/s1. The number of nitrogens with zero attached hydrogens (tertiary/aromatic N) is 3. The van der Waals surface area contributed by atoms with Gasteiger partial charge in [0, 0.05) is 30.9 Å². The van der Waals surface area contributed by atoms with E-state index in [2.05, 4.69) is 20.4 Å². The summed E-state index contributed by atoms with van der Waals surface area (Å²) in [7, 11) is 0. The highest BCUT2D eigenvalue weighted by molar-refractivity contribution is 5.51. The average molecular weight is 234 g/mol. The molecule has 0 unspecified atom stereocenters. The summed E-state index contributed by atoms with van der Waals surface area (Å²) in [5, 5.41) is 6.87. The molecule has 1 saturated heterocycles. The Morgan fingerprint density at radius 1 is 1.47 bits per heavy atom. The molecule has 1 fully saturated rings. The van der Waals surface area contributed by atoms with E-state index in [1.54, 1.807) is 18.5 Å². The third kappa shape index (κ3) is 2.03. The van der Waals surface area contributed by atoms with Gasteiger partial charge in [-0.15, -0.1) is 0 Å². The summed E-state index contributed by atoms with van der Waals surface area (Å²) >= 11 is 0. The van der Waals surface area contributed by atoms with Crippen LogP contribution in [-0.2, 0) is 0 Å². The molecule has 2 aromatic heterocycles. The van der Waals surface area contributed by atoms with E-state index in [1.165, 1.54) is 0 Å². The minimum Gasteiger partial charge on any atom is -0.337 e. The van der Waals surface area contributed by atoms with Crippen LogP contribution in [0.4, 0.5) is 4.39 Å². The number of hydrogen-bond donors (Lipinski definition) is 1. The van der Waals surface area contributed by atoms with Crippen LogP contribution in [0.3, 0.4) is 0 Å². The van der Waals surface area contributed by atoms with Crippen molar-refractivity contribution in [2.45, 2.75) is 18.6 Å². The van der Waals surface area contributed by atoms with Gasteiger partial charge in [-0.2, -0.15) is 4.98 Å². The van der Waals surface area contributed by atoms with Gasteiger partial charge in [-0.1, -0.05) is 5.16 Å². The molecule has 0 saturated carbocycles. The fourth-order valence-electron chi connectivity index (χ4n) is 1.87. The summed E-state index contributed by atoms with van der Waals surface area (Å²) in [5.74, 6) is 0.918. The molecule has 2 aromatic rings. The fourth-order valence-corrected chi connectivity index (χ4v) is 1.87. The number of alkyl halides is 1. The molecule has 6 heteroatoms. The predicted molar refractivity (Wildman–Crippen MR) is 57.8 cm³/mol. The molecule has 1 N–H and O–H groups in total. The summed E-state index contributed by atoms with van der Waals surface area (Å²) in [5.41, 5.74) is 0.789. The molecule has 3 rings (SSSR count). The quantitative estimate of drug-likeness (QED) is 0.853. The van der Waals surface area contributed by atoms with Crippen molar-refractivity contribution >= 4 is 0 Å². The molecule has 5 nitrogen and oxygen atoms in total. The number of halogens is 1. The second-order valence-electron chi connectivity index (χ2n) is 3.99. The summed E-state index contributed by atoms with van der Waals surface area (Å²) < 4.78 is 18.2. The molecular formula is C11H11FN4O. The third-order valence-electron chi connectivity index (χ3n) is 2.74. The third-order valence-corrected chi connectivity index (χ3v) is 2.74. The molecule has 17 heavy (non-hydrogen) atoms. The maximum atomic E-state index is 13.0. The van der Waals surface area contributed by atoms with E-state index in [0.717, 1.165) is 5.56 Å². The van der Waals surface area contributed by atoms with Gasteiger partial charge >= 0.3 is 0 Å². The molecule has 1 aliphatic rings. The Bertz CT molecular complexity index is 501. The Balaban J connectivity index is 1.84. The van der Waals surface area contributed by atoms with Crippen LogP contribution in [0.1, 0.15) is 18.4 Å². The summed E-state index contributed by atoms with van der Waals surface area (Å²) in [6.07, 6.45) is 2.88. The Morgan fingerprint density at radius 3 is 3.12 bits per heavy atom. The maximum absolute atomic E-state index is 13.0. The Hall–Kier alpha value is -1.82. The zero-order valence-corrected chi connectivity index (χ0v) is 9.01. The first kappa shape index (κ1) is 10.3. The van der Waals surface area contributed by atoms with E-state index in [-0.39, 0.29) is 6.04 Å². The van der Waals surface area contributed by atoms with Gasteiger partial charge in [0.2, 0.25) is 11.7 Å². The summed E-state index contributed by atoms with van der Waals surface area (Å²) in [4.78, 5) is 8.23. The Labute approximate surface area is 97.1 Å². The number of pyridine rings is 1. The second-order valence-corrected chi connectivity index (χ2v) is 3.99. The predicted octanol–water partition coefficient (Wildman–Crippen LogP) is 1.50. The van der Waals surface area contributed by atoms with Crippen molar-refractivity contribution in [3.63, 3.8) is 0 Å². The molecule has 0 radical (unpaired) electrons. The van der Waals surface area contributed by atoms with Gasteiger partial charge in [0.05, 0.1) is 6.04 Å². The van der Waals surface area contributed by atoms with Gasteiger partial charge in [-0.05, 0) is 12.1 Å². The van der Waals surface area contributed by atoms with Gasteiger partial charge in [-0.25, -0.2) is 4.39 Å². The van der Waals surface area contributed by atoms with Crippen LogP contribution in [0.25, 0.3) is 11.4 Å². The van der Waals surface area contributed by atoms with Crippen molar-refractivity contribution in [3.8, 4) is 11.4 Å². The highest BCUT2D eigenvalue weighted by atomic mass is 19.1. The molecule has 88 valence electrons. The van der Waals surface area contributed by atoms with Crippen LogP contribution in [0.5, 0.6) is 0 Å². The van der Waals surface area contributed by atoms with Crippen LogP contribution in [-0.4, -0.2) is 27.8 Å². The smallest absolute Gasteiger partial charge is 0.244 e. The number of hydrogen-bond acceptors (Lipinski definition) is 5. The van der Waals surface area contributed by atoms with Gasteiger partial charge in [0.1, 0.15) is 6.17 Å². The molecule has 0 aromatic carbocycles. The van der Waals surface area contributed by atoms with Crippen molar-refractivity contribution in [2.24, 2.45) is 0 Å². The molecule has 2 atom stereocenters. The van der Waals surface area contributed by atoms with Crippen molar-refractivity contribution in [2.75, 3.05) is 6.54 Å². The van der Waals surface area contributed by atoms with E-state index in [9.17, 15) is 4.39 Å². The highest BCUT2D eigenvalue weighted by Gasteiger charge is 2.29. The lowest BCUT2D eigenvalue weighted by molar-refractivity contribution is 0.324. The highest BCUT2D eigenvalue weighted by Crippen LogP contribution is 2.25. The molecule has 1 aliphatic heterocycles. The number of nitrogens with one attached hydrogen (secondary N) is 1. The van der Waals surface area contributed by atoms with Crippen LogP contribution in [0.2, 0.25) is 0 Å². The fraction of sp³-hybridized carbons (Fsp3) is 0.364. The summed E-state index contributed by atoms with van der Waals surface area (Å²) in [6.45, 7) is 0.343. The van der Waals surface area contributed by atoms with Crippen LogP contribution in [0.15, 0.2) is 29.0 Å². The molecule has 3 heterocycles. The molecule has 0 amide bonds. The Morgan fingerprint density at radius 2 is 2.41 bits per heavy atom. The number of aromatic nitrogens is 3. The Kier molecular flexibility index (Phi) is 2.56. The van der Waals surface area contributed by atoms with Gasteiger partial charge in [0.25, 0.3) is 0 Å². The van der Waals surface area contributed by atoms with Gasteiger partial charge < -0.3 is 9.84 Å². The zero-order chi connectivity index (χ0) is 11.7. The van der Waals surface area contributed by atoms with Crippen molar-refractivity contribution in [3.05, 3.63) is 30.4 Å². The van der Waals surface area contributed by atoms with Crippen molar-refractivity contribution in [1.29, 1.82) is 0 Å². The van der Waals surface area contributed by atoms with Crippen LogP contribution in [0, 0.1) is 0 Å².